The van der Waals surface area contributed by atoms with Gasteiger partial charge in [-0.25, -0.2) is 0 Å². The lowest BCUT2D eigenvalue weighted by Crippen LogP contribution is -2.33. The smallest absolute Gasteiger partial charge is 0.314 e. The van der Waals surface area contributed by atoms with E-state index in [1.165, 1.54) is 0 Å². The molecule has 0 saturated heterocycles. The number of ether oxygens (including phenoxy) is 2. The highest BCUT2D eigenvalue weighted by atomic mass is 79.9. The molecule has 1 aromatic rings. The Balaban J connectivity index is 2.68. The van der Waals surface area contributed by atoms with Gasteiger partial charge in [-0.05, 0) is 52.9 Å². The lowest BCUT2D eigenvalue weighted by Gasteiger charge is -2.28. The number of halogens is 1. The Morgan fingerprint density at radius 2 is 1.80 bits per heavy atom. The van der Waals surface area contributed by atoms with Crippen LogP contribution < -0.4 is 9.47 Å². The standard InChI is InChI=1S/C15H19BrO4/c1-9-10(15(14(17)18)6-4-5-7-15)8-11(16)13(20-3)12(9)19-2/h8H,4-7H2,1-3H3,(H,17,18). The Morgan fingerprint density at radius 3 is 2.25 bits per heavy atom. The maximum absolute atomic E-state index is 11.9. The minimum absolute atomic E-state index is 0.601. The number of hydrogen-bond acceptors (Lipinski definition) is 3. The van der Waals surface area contributed by atoms with E-state index in [-0.39, 0.29) is 0 Å². The summed E-state index contributed by atoms with van der Waals surface area (Å²) in [4.78, 5) is 11.9. The number of carboxylic acids is 1. The molecule has 0 heterocycles. The zero-order valence-electron chi connectivity index (χ0n) is 12.0. The molecule has 0 amide bonds. The molecule has 20 heavy (non-hydrogen) atoms. The Bertz CT molecular complexity index is 533. The predicted octanol–water partition coefficient (Wildman–Crippen LogP) is 3.67. The van der Waals surface area contributed by atoms with Crippen LogP contribution in [0.3, 0.4) is 0 Å². The van der Waals surface area contributed by atoms with E-state index < -0.39 is 11.4 Å². The van der Waals surface area contributed by atoms with E-state index in [1.54, 1.807) is 14.2 Å². The second-order valence-electron chi connectivity index (χ2n) is 5.19. The Labute approximate surface area is 127 Å². The molecule has 0 bridgehead atoms. The summed E-state index contributed by atoms with van der Waals surface area (Å²) in [6.45, 7) is 1.89. The van der Waals surface area contributed by atoms with Crippen LogP contribution in [0.5, 0.6) is 11.5 Å². The molecule has 0 aliphatic heterocycles. The summed E-state index contributed by atoms with van der Waals surface area (Å²) >= 11 is 3.46. The zero-order chi connectivity index (χ0) is 14.9. The van der Waals surface area contributed by atoms with Crippen LogP contribution in [0.2, 0.25) is 0 Å². The molecule has 0 atom stereocenters. The minimum atomic E-state index is -0.799. The van der Waals surface area contributed by atoms with E-state index in [0.717, 1.165) is 28.4 Å². The van der Waals surface area contributed by atoms with Gasteiger partial charge < -0.3 is 14.6 Å². The first kappa shape index (κ1) is 15.2. The zero-order valence-corrected chi connectivity index (χ0v) is 13.5. The third kappa shape index (κ3) is 2.18. The molecule has 1 fully saturated rings. The minimum Gasteiger partial charge on any atom is -0.493 e. The summed E-state index contributed by atoms with van der Waals surface area (Å²) in [5.74, 6) is 0.453. The highest BCUT2D eigenvalue weighted by Crippen LogP contribution is 2.48. The number of aliphatic carboxylic acids is 1. The van der Waals surface area contributed by atoms with Gasteiger partial charge in [0.25, 0.3) is 0 Å². The predicted molar refractivity (Wildman–Crippen MR) is 79.8 cm³/mol. The van der Waals surface area contributed by atoms with Gasteiger partial charge in [-0.15, -0.1) is 0 Å². The Hall–Kier alpha value is -1.23. The van der Waals surface area contributed by atoms with Crippen molar-refractivity contribution in [2.75, 3.05) is 14.2 Å². The summed E-state index contributed by atoms with van der Waals surface area (Å²) in [5.41, 5.74) is 0.871. The molecule has 0 radical (unpaired) electrons. The fourth-order valence-corrected chi connectivity index (χ4v) is 3.78. The molecule has 1 N–H and O–H groups in total. The number of carboxylic acid groups (broad SMARTS) is 1. The SMILES string of the molecule is COc1c(Br)cc(C2(C(=O)O)CCCC2)c(C)c1OC. The molecule has 0 spiro atoms. The Morgan fingerprint density at radius 1 is 1.25 bits per heavy atom. The fourth-order valence-electron chi connectivity index (χ4n) is 3.21. The van der Waals surface area contributed by atoms with Crippen LogP contribution in [0.25, 0.3) is 0 Å². The highest BCUT2D eigenvalue weighted by molar-refractivity contribution is 9.10. The van der Waals surface area contributed by atoms with Crippen molar-refractivity contribution in [2.24, 2.45) is 0 Å². The first-order chi connectivity index (χ1) is 9.47. The largest absolute Gasteiger partial charge is 0.493 e. The van der Waals surface area contributed by atoms with Crippen molar-refractivity contribution in [1.82, 2.24) is 0 Å². The highest BCUT2D eigenvalue weighted by Gasteiger charge is 2.44. The second-order valence-corrected chi connectivity index (χ2v) is 6.05. The number of benzene rings is 1. The quantitative estimate of drug-likeness (QED) is 0.906. The molecule has 5 heteroatoms. The van der Waals surface area contributed by atoms with Crippen LogP contribution in [-0.2, 0) is 10.2 Å². The van der Waals surface area contributed by atoms with Gasteiger partial charge in [0.05, 0.1) is 24.1 Å². The average molecular weight is 343 g/mol. The summed E-state index contributed by atoms with van der Waals surface area (Å²) in [5, 5.41) is 9.74. The van der Waals surface area contributed by atoms with Crippen LogP contribution >= 0.6 is 15.9 Å². The molecule has 1 aliphatic carbocycles. The van der Waals surface area contributed by atoms with E-state index in [9.17, 15) is 9.90 Å². The van der Waals surface area contributed by atoms with E-state index in [2.05, 4.69) is 15.9 Å². The number of rotatable bonds is 4. The second kappa shape index (κ2) is 5.64. The van der Waals surface area contributed by atoms with Crippen LogP contribution in [0.15, 0.2) is 10.5 Å². The average Bonchev–Trinajstić information content (AvgIpc) is 2.91. The monoisotopic (exact) mass is 342 g/mol. The van der Waals surface area contributed by atoms with E-state index >= 15 is 0 Å². The van der Waals surface area contributed by atoms with Crippen molar-refractivity contribution in [3.8, 4) is 11.5 Å². The van der Waals surface area contributed by atoms with Gasteiger partial charge >= 0.3 is 5.97 Å². The lowest BCUT2D eigenvalue weighted by atomic mass is 9.76. The molecule has 110 valence electrons. The maximum Gasteiger partial charge on any atom is 0.314 e. The maximum atomic E-state index is 11.9. The molecule has 4 nitrogen and oxygen atoms in total. The third-order valence-electron chi connectivity index (χ3n) is 4.23. The summed E-state index contributed by atoms with van der Waals surface area (Å²) in [7, 11) is 3.15. The van der Waals surface area contributed by atoms with Gasteiger partial charge in [0, 0.05) is 0 Å². The number of carbonyl (C=O) groups is 1. The van der Waals surface area contributed by atoms with Crippen molar-refractivity contribution < 1.29 is 19.4 Å². The third-order valence-corrected chi connectivity index (χ3v) is 4.82. The van der Waals surface area contributed by atoms with Crippen molar-refractivity contribution in [3.05, 3.63) is 21.7 Å². The van der Waals surface area contributed by atoms with Crippen LogP contribution in [-0.4, -0.2) is 25.3 Å². The van der Waals surface area contributed by atoms with Crippen LogP contribution in [0.4, 0.5) is 0 Å². The van der Waals surface area contributed by atoms with Gasteiger partial charge in [-0.3, -0.25) is 4.79 Å². The van der Waals surface area contributed by atoms with Gasteiger partial charge in [-0.1, -0.05) is 12.8 Å². The van der Waals surface area contributed by atoms with Crippen LogP contribution in [0.1, 0.15) is 36.8 Å². The molecule has 1 aromatic carbocycles. The molecule has 2 rings (SSSR count). The summed E-state index contributed by atoms with van der Waals surface area (Å²) < 4.78 is 11.5. The van der Waals surface area contributed by atoms with E-state index in [4.69, 9.17) is 9.47 Å². The number of methoxy groups -OCH3 is 2. The molecular weight excluding hydrogens is 324 g/mol. The summed E-state index contributed by atoms with van der Waals surface area (Å²) in [6.07, 6.45) is 3.23. The summed E-state index contributed by atoms with van der Waals surface area (Å²) in [6, 6.07) is 1.87. The van der Waals surface area contributed by atoms with Gasteiger partial charge in [0.1, 0.15) is 0 Å². The topological polar surface area (TPSA) is 55.8 Å². The Kier molecular flexibility index (Phi) is 4.28. The molecule has 0 aromatic heterocycles. The van der Waals surface area contributed by atoms with Crippen LogP contribution in [0, 0.1) is 6.92 Å². The van der Waals surface area contributed by atoms with E-state index in [0.29, 0.717) is 24.3 Å². The fraction of sp³-hybridized carbons (Fsp3) is 0.533. The van der Waals surface area contributed by atoms with Crippen molar-refractivity contribution in [2.45, 2.75) is 38.0 Å². The first-order valence-corrected chi connectivity index (χ1v) is 7.42. The molecule has 1 saturated carbocycles. The normalized spacial score (nSPS) is 17.0. The lowest BCUT2D eigenvalue weighted by molar-refractivity contribution is -0.143. The van der Waals surface area contributed by atoms with Crippen molar-refractivity contribution >= 4 is 21.9 Å². The van der Waals surface area contributed by atoms with E-state index in [1.807, 2.05) is 13.0 Å². The molecule has 0 unspecified atom stereocenters. The van der Waals surface area contributed by atoms with Crippen molar-refractivity contribution in [1.29, 1.82) is 0 Å². The number of hydrogen-bond donors (Lipinski definition) is 1. The van der Waals surface area contributed by atoms with Crippen molar-refractivity contribution in [3.63, 3.8) is 0 Å². The van der Waals surface area contributed by atoms with Gasteiger partial charge in [-0.2, -0.15) is 0 Å². The molecular formula is C15H19BrO4. The van der Waals surface area contributed by atoms with Gasteiger partial charge in [0.2, 0.25) is 0 Å². The van der Waals surface area contributed by atoms with Gasteiger partial charge in [0.15, 0.2) is 11.5 Å². The molecule has 1 aliphatic rings. The first-order valence-electron chi connectivity index (χ1n) is 6.63.